The van der Waals surface area contributed by atoms with E-state index in [-0.39, 0.29) is 0 Å². The second-order valence-corrected chi connectivity index (χ2v) is 6.02. The van der Waals surface area contributed by atoms with E-state index in [0.717, 1.165) is 36.4 Å². The second kappa shape index (κ2) is 7.45. The summed E-state index contributed by atoms with van der Waals surface area (Å²) in [6.07, 6.45) is 5.29. The van der Waals surface area contributed by atoms with Crippen LogP contribution >= 0.6 is 0 Å². The molecule has 3 nitrogen and oxygen atoms in total. The standard InChI is InChI=1S/C19H26BN3/c1-7-17-9-8-10-18(14(17)3)11-13(2)19-12-23(16(5)21-19)22-15(4)20-6/h8-12,20H,7H2,1-6H3/b13-11+,22-15+. The Morgan fingerprint density at radius 3 is 2.70 bits per heavy atom. The van der Waals surface area contributed by atoms with Crippen LogP contribution in [0.1, 0.15) is 49.0 Å². The van der Waals surface area contributed by atoms with Crippen LogP contribution in [-0.2, 0) is 6.42 Å². The van der Waals surface area contributed by atoms with E-state index in [1.165, 1.54) is 16.7 Å². The van der Waals surface area contributed by atoms with Crippen molar-refractivity contribution in [2.24, 2.45) is 5.10 Å². The molecule has 0 atom stereocenters. The van der Waals surface area contributed by atoms with E-state index < -0.39 is 0 Å². The smallest absolute Gasteiger partial charge is 0.175 e. The molecule has 0 aliphatic carbocycles. The number of hydrogen-bond donors (Lipinski definition) is 0. The Kier molecular flexibility index (Phi) is 5.59. The molecule has 0 saturated carbocycles. The fraction of sp³-hybridized carbons (Fsp3) is 0.368. The van der Waals surface area contributed by atoms with Gasteiger partial charge in [-0.15, -0.1) is 0 Å². The number of hydrogen-bond acceptors (Lipinski definition) is 2. The van der Waals surface area contributed by atoms with Gasteiger partial charge in [-0.2, -0.15) is 5.10 Å². The first-order valence-corrected chi connectivity index (χ1v) is 8.33. The Morgan fingerprint density at radius 2 is 2.04 bits per heavy atom. The third-order valence-corrected chi connectivity index (χ3v) is 4.29. The minimum atomic E-state index is 0.916. The van der Waals surface area contributed by atoms with Crippen LogP contribution in [-0.4, -0.2) is 22.6 Å². The predicted molar refractivity (Wildman–Crippen MR) is 103 cm³/mol. The van der Waals surface area contributed by atoms with Crippen molar-refractivity contribution < 1.29 is 0 Å². The fourth-order valence-corrected chi connectivity index (χ4v) is 2.56. The Hall–Kier alpha value is -2.10. The van der Waals surface area contributed by atoms with Gasteiger partial charge < -0.3 is 0 Å². The van der Waals surface area contributed by atoms with Gasteiger partial charge in [0.25, 0.3) is 0 Å². The summed E-state index contributed by atoms with van der Waals surface area (Å²) < 4.78 is 1.88. The molecule has 23 heavy (non-hydrogen) atoms. The van der Waals surface area contributed by atoms with Gasteiger partial charge in [-0.3, -0.25) is 0 Å². The van der Waals surface area contributed by atoms with Crippen molar-refractivity contribution in [2.45, 2.75) is 47.9 Å². The van der Waals surface area contributed by atoms with Crippen molar-refractivity contribution in [3.63, 3.8) is 0 Å². The van der Waals surface area contributed by atoms with Crippen molar-refractivity contribution in [2.75, 3.05) is 0 Å². The van der Waals surface area contributed by atoms with Gasteiger partial charge in [0.05, 0.1) is 11.9 Å². The van der Waals surface area contributed by atoms with Crippen LogP contribution in [0.5, 0.6) is 0 Å². The Morgan fingerprint density at radius 1 is 1.30 bits per heavy atom. The Bertz CT molecular complexity index is 754. The van der Waals surface area contributed by atoms with Crippen LogP contribution < -0.4 is 0 Å². The first-order chi connectivity index (χ1) is 11.0. The lowest BCUT2D eigenvalue weighted by Crippen LogP contribution is -2.03. The maximum atomic E-state index is 4.65. The Labute approximate surface area is 140 Å². The SMILES string of the molecule is CB/C(C)=N/n1cc(/C(C)=C/c2cccc(CC)c2C)nc1C. The first-order valence-electron chi connectivity index (χ1n) is 8.33. The van der Waals surface area contributed by atoms with E-state index in [4.69, 9.17) is 0 Å². The van der Waals surface area contributed by atoms with Crippen molar-refractivity contribution in [3.05, 3.63) is 52.6 Å². The number of imidazole rings is 1. The number of aryl methyl sites for hydroxylation is 2. The summed E-state index contributed by atoms with van der Waals surface area (Å²) in [5.74, 6) is 0.916. The molecular formula is C19H26BN3. The van der Waals surface area contributed by atoms with E-state index in [0.29, 0.717) is 0 Å². The Balaban J connectivity index is 2.38. The molecule has 0 spiro atoms. The van der Waals surface area contributed by atoms with Crippen molar-refractivity contribution in [1.29, 1.82) is 0 Å². The van der Waals surface area contributed by atoms with Crippen molar-refractivity contribution >= 4 is 24.5 Å². The molecule has 0 aliphatic rings. The number of nitrogens with zero attached hydrogens (tertiary/aromatic N) is 3. The molecule has 1 aromatic carbocycles. The summed E-state index contributed by atoms with van der Waals surface area (Å²) in [7, 11) is 0.949. The number of rotatable bonds is 5. The summed E-state index contributed by atoms with van der Waals surface area (Å²) in [6, 6.07) is 6.49. The molecule has 0 fully saturated rings. The quantitative estimate of drug-likeness (QED) is 0.598. The maximum Gasteiger partial charge on any atom is 0.175 e. The minimum absolute atomic E-state index is 0.916. The third kappa shape index (κ3) is 4.01. The zero-order valence-corrected chi connectivity index (χ0v) is 15.1. The average molecular weight is 307 g/mol. The molecule has 120 valence electrons. The molecule has 0 saturated heterocycles. The molecule has 1 heterocycles. The summed E-state index contributed by atoms with van der Waals surface area (Å²) in [4.78, 5) is 4.65. The van der Waals surface area contributed by atoms with Crippen LogP contribution in [0.15, 0.2) is 29.5 Å². The van der Waals surface area contributed by atoms with Crippen LogP contribution in [0.4, 0.5) is 0 Å². The molecule has 2 aromatic rings. The van der Waals surface area contributed by atoms with Gasteiger partial charge in [-0.1, -0.05) is 31.9 Å². The molecule has 4 heteroatoms. The van der Waals surface area contributed by atoms with Crippen molar-refractivity contribution in [1.82, 2.24) is 9.66 Å². The molecular weight excluding hydrogens is 281 g/mol. The molecule has 0 N–H and O–H groups in total. The van der Waals surface area contributed by atoms with Gasteiger partial charge >= 0.3 is 0 Å². The highest BCUT2D eigenvalue weighted by Gasteiger charge is 2.07. The highest BCUT2D eigenvalue weighted by molar-refractivity contribution is 6.73. The summed E-state index contributed by atoms with van der Waals surface area (Å²) >= 11 is 0. The summed E-state index contributed by atoms with van der Waals surface area (Å²) in [5, 5.41) is 4.58. The molecule has 0 bridgehead atoms. The van der Waals surface area contributed by atoms with Crippen molar-refractivity contribution in [3.8, 4) is 0 Å². The highest BCUT2D eigenvalue weighted by atomic mass is 15.4. The average Bonchev–Trinajstić information content (AvgIpc) is 2.90. The van der Waals surface area contributed by atoms with Gasteiger partial charge in [0, 0.05) is 0 Å². The van der Waals surface area contributed by atoms with Crippen LogP contribution in [0.3, 0.4) is 0 Å². The van der Waals surface area contributed by atoms with Crippen LogP contribution in [0, 0.1) is 13.8 Å². The molecule has 0 radical (unpaired) electrons. The molecule has 2 rings (SSSR count). The topological polar surface area (TPSA) is 30.2 Å². The van der Waals surface area contributed by atoms with E-state index in [1.54, 1.807) is 0 Å². The van der Waals surface area contributed by atoms with Gasteiger partial charge in [-0.25, -0.2) is 9.66 Å². The minimum Gasteiger partial charge on any atom is -0.232 e. The van der Waals surface area contributed by atoms with Gasteiger partial charge in [0.15, 0.2) is 7.28 Å². The van der Waals surface area contributed by atoms with Gasteiger partial charge in [-0.05, 0) is 68.1 Å². The van der Waals surface area contributed by atoms with E-state index in [2.05, 4.69) is 62.0 Å². The molecule has 0 aliphatic heterocycles. The zero-order chi connectivity index (χ0) is 17.0. The normalized spacial score (nSPS) is 12.6. The molecule has 0 amide bonds. The number of benzene rings is 1. The second-order valence-electron chi connectivity index (χ2n) is 6.02. The summed E-state index contributed by atoms with van der Waals surface area (Å²) in [5.41, 5.74) is 7.26. The lowest BCUT2D eigenvalue weighted by Gasteiger charge is -2.07. The lowest BCUT2D eigenvalue weighted by molar-refractivity contribution is 0.829. The van der Waals surface area contributed by atoms with Crippen LogP contribution in [0.2, 0.25) is 6.82 Å². The molecule has 0 unspecified atom stereocenters. The largest absolute Gasteiger partial charge is 0.232 e. The first kappa shape index (κ1) is 17.3. The summed E-state index contributed by atoms with van der Waals surface area (Å²) in [6.45, 7) is 12.6. The fourth-order valence-electron chi connectivity index (χ4n) is 2.56. The monoisotopic (exact) mass is 307 g/mol. The molecule has 1 aromatic heterocycles. The maximum absolute atomic E-state index is 4.65. The number of allylic oxidation sites excluding steroid dienone is 1. The highest BCUT2D eigenvalue weighted by Crippen LogP contribution is 2.21. The van der Waals surface area contributed by atoms with E-state index in [9.17, 15) is 0 Å². The third-order valence-electron chi connectivity index (χ3n) is 4.29. The lowest BCUT2D eigenvalue weighted by atomic mass is 9.77. The predicted octanol–water partition coefficient (Wildman–Crippen LogP) is 4.29. The van der Waals surface area contributed by atoms with Crippen LogP contribution in [0.25, 0.3) is 11.6 Å². The number of aromatic nitrogens is 2. The van der Waals surface area contributed by atoms with E-state index >= 15 is 0 Å². The van der Waals surface area contributed by atoms with Gasteiger partial charge in [0.1, 0.15) is 5.82 Å². The van der Waals surface area contributed by atoms with Gasteiger partial charge in [0.2, 0.25) is 0 Å². The zero-order valence-electron chi connectivity index (χ0n) is 15.1. The van der Waals surface area contributed by atoms with E-state index in [1.807, 2.05) is 24.7 Å².